The van der Waals surface area contributed by atoms with Gasteiger partial charge in [-0.05, 0) is 34.9 Å². The van der Waals surface area contributed by atoms with Crippen LogP contribution < -0.4 is 4.90 Å². The molecule has 1 N–H and O–H groups in total. The fourth-order valence-electron chi connectivity index (χ4n) is 2.93. The molecule has 0 unspecified atom stereocenters. The fraction of sp³-hybridized carbons (Fsp3) is 0.0833. The maximum absolute atomic E-state index is 11.0. The zero-order chi connectivity index (χ0) is 19.8. The first-order valence-electron chi connectivity index (χ1n) is 8.91. The normalized spacial score (nSPS) is 10.9. The van der Waals surface area contributed by atoms with E-state index in [1.165, 1.54) is 17.2 Å². The van der Waals surface area contributed by atoms with E-state index in [1.807, 2.05) is 60.7 Å². The molecular formula is C24H20N2O2. The second-order valence-corrected chi connectivity index (χ2v) is 6.37. The average Bonchev–Trinajstić information content (AvgIpc) is 2.73. The van der Waals surface area contributed by atoms with Gasteiger partial charge in [0, 0.05) is 18.8 Å². The number of anilines is 1. The summed E-state index contributed by atoms with van der Waals surface area (Å²) in [5, 5.41) is 9.02. The zero-order valence-corrected chi connectivity index (χ0v) is 15.3. The predicted molar refractivity (Wildman–Crippen MR) is 111 cm³/mol. The second-order valence-electron chi connectivity index (χ2n) is 6.37. The highest BCUT2D eigenvalue weighted by Gasteiger charge is 2.10. The quantitative estimate of drug-likeness (QED) is 0.458. The minimum atomic E-state index is -1.21. The molecule has 0 fully saturated rings. The lowest BCUT2D eigenvalue weighted by Crippen LogP contribution is -2.22. The van der Waals surface area contributed by atoms with Crippen LogP contribution in [0.5, 0.6) is 0 Å². The van der Waals surface area contributed by atoms with Gasteiger partial charge in [-0.15, -0.1) is 0 Å². The molecule has 3 rings (SSSR count). The Morgan fingerprint density at radius 2 is 1.36 bits per heavy atom. The van der Waals surface area contributed by atoms with Crippen LogP contribution in [0.4, 0.5) is 5.69 Å². The molecule has 0 saturated carbocycles. The predicted octanol–water partition coefficient (Wildman–Crippen LogP) is 5.24. The maximum Gasteiger partial charge on any atom is 0.333 e. The molecule has 0 aromatic heterocycles. The smallest absolute Gasteiger partial charge is 0.333 e. The van der Waals surface area contributed by atoms with E-state index in [2.05, 4.69) is 34.0 Å². The SMILES string of the molecule is [C-]#[N+]/C(=C/c1ccc(N(Cc2ccccc2)Cc2ccccc2)cc1)C(=O)O. The Labute approximate surface area is 164 Å². The third-order valence-corrected chi connectivity index (χ3v) is 4.33. The van der Waals surface area contributed by atoms with Crippen molar-refractivity contribution in [2.24, 2.45) is 0 Å². The molecule has 0 spiro atoms. The van der Waals surface area contributed by atoms with E-state index in [0.717, 1.165) is 18.8 Å². The van der Waals surface area contributed by atoms with Gasteiger partial charge in [0.15, 0.2) is 0 Å². The standard InChI is InChI=1S/C24H20N2O2/c1-25-23(24(27)28)16-19-12-14-22(15-13-19)26(17-20-8-4-2-5-9-20)18-21-10-6-3-7-11-21/h2-16H,17-18H2,(H,27,28)/b23-16+. The monoisotopic (exact) mass is 368 g/mol. The highest BCUT2D eigenvalue weighted by molar-refractivity contribution is 5.94. The highest BCUT2D eigenvalue weighted by atomic mass is 16.4. The molecule has 0 saturated heterocycles. The minimum absolute atomic E-state index is 0.293. The second kappa shape index (κ2) is 9.20. The van der Waals surface area contributed by atoms with E-state index in [9.17, 15) is 4.79 Å². The molecule has 4 heteroatoms. The first kappa shape index (κ1) is 18.9. The van der Waals surface area contributed by atoms with Crippen molar-refractivity contribution < 1.29 is 9.90 Å². The number of carbonyl (C=O) groups is 1. The summed E-state index contributed by atoms with van der Waals surface area (Å²) >= 11 is 0. The third-order valence-electron chi connectivity index (χ3n) is 4.33. The third kappa shape index (κ3) is 5.09. The topological polar surface area (TPSA) is 44.9 Å². The van der Waals surface area contributed by atoms with E-state index in [0.29, 0.717) is 5.56 Å². The molecule has 0 aliphatic rings. The Hall–Kier alpha value is -3.84. The van der Waals surface area contributed by atoms with Gasteiger partial charge in [-0.3, -0.25) is 4.79 Å². The van der Waals surface area contributed by atoms with Crippen molar-refractivity contribution in [3.63, 3.8) is 0 Å². The van der Waals surface area contributed by atoms with Crippen LogP contribution in [0, 0.1) is 6.57 Å². The Kier molecular flexibility index (Phi) is 6.22. The van der Waals surface area contributed by atoms with Crippen LogP contribution in [-0.2, 0) is 17.9 Å². The van der Waals surface area contributed by atoms with Gasteiger partial charge in [0.1, 0.15) is 0 Å². The number of carboxylic acids is 1. The van der Waals surface area contributed by atoms with Crippen molar-refractivity contribution in [3.05, 3.63) is 119 Å². The molecule has 0 radical (unpaired) electrons. The Morgan fingerprint density at radius 1 is 0.857 bits per heavy atom. The zero-order valence-electron chi connectivity index (χ0n) is 15.3. The average molecular weight is 368 g/mol. The fourth-order valence-corrected chi connectivity index (χ4v) is 2.93. The number of nitrogens with zero attached hydrogens (tertiary/aromatic N) is 2. The Morgan fingerprint density at radius 3 is 1.79 bits per heavy atom. The lowest BCUT2D eigenvalue weighted by atomic mass is 10.1. The number of aliphatic carboxylic acids is 1. The number of carboxylic acid groups (broad SMARTS) is 1. The van der Waals surface area contributed by atoms with Crippen LogP contribution in [0.2, 0.25) is 0 Å². The van der Waals surface area contributed by atoms with Gasteiger partial charge in [0.05, 0.1) is 6.57 Å². The molecule has 0 atom stereocenters. The molecule has 28 heavy (non-hydrogen) atoms. The van der Waals surface area contributed by atoms with Crippen LogP contribution in [0.15, 0.2) is 90.6 Å². The van der Waals surface area contributed by atoms with Crippen LogP contribution in [0.25, 0.3) is 10.9 Å². The summed E-state index contributed by atoms with van der Waals surface area (Å²) in [6.07, 6.45) is 1.39. The van der Waals surface area contributed by atoms with E-state index >= 15 is 0 Å². The van der Waals surface area contributed by atoms with Gasteiger partial charge < -0.3 is 10.0 Å². The molecule has 4 nitrogen and oxygen atoms in total. The van der Waals surface area contributed by atoms with Crippen molar-refractivity contribution in [3.8, 4) is 0 Å². The lowest BCUT2D eigenvalue weighted by Gasteiger charge is -2.25. The van der Waals surface area contributed by atoms with Gasteiger partial charge in [-0.1, -0.05) is 72.8 Å². The Balaban J connectivity index is 1.87. The van der Waals surface area contributed by atoms with E-state index in [4.69, 9.17) is 11.7 Å². The van der Waals surface area contributed by atoms with Crippen LogP contribution in [-0.4, -0.2) is 11.1 Å². The molecule has 0 aliphatic carbocycles. The minimum Gasteiger partial charge on any atom is -0.486 e. The number of hydrogen-bond donors (Lipinski definition) is 1. The van der Waals surface area contributed by atoms with Crippen molar-refractivity contribution in [2.75, 3.05) is 4.90 Å². The number of benzene rings is 3. The van der Waals surface area contributed by atoms with Crippen molar-refractivity contribution in [1.82, 2.24) is 0 Å². The number of hydrogen-bond acceptors (Lipinski definition) is 2. The molecule has 3 aromatic carbocycles. The first-order chi connectivity index (χ1) is 13.7. The molecule has 0 aliphatic heterocycles. The summed E-state index contributed by atoms with van der Waals surface area (Å²) in [7, 11) is 0. The van der Waals surface area contributed by atoms with Gasteiger partial charge >= 0.3 is 5.97 Å². The lowest BCUT2D eigenvalue weighted by molar-refractivity contribution is -0.132. The summed E-state index contributed by atoms with van der Waals surface area (Å²) in [5.74, 6) is -1.21. The molecule has 3 aromatic rings. The van der Waals surface area contributed by atoms with Gasteiger partial charge in [0.25, 0.3) is 5.70 Å². The van der Waals surface area contributed by atoms with E-state index in [1.54, 1.807) is 0 Å². The van der Waals surface area contributed by atoms with Crippen molar-refractivity contribution in [2.45, 2.75) is 13.1 Å². The van der Waals surface area contributed by atoms with Gasteiger partial charge in [-0.2, -0.15) is 0 Å². The van der Waals surface area contributed by atoms with E-state index in [-0.39, 0.29) is 5.70 Å². The largest absolute Gasteiger partial charge is 0.486 e. The first-order valence-corrected chi connectivity index (χ1v) is 8.91. The highest BCUT2D eigenvalue weighted by Crippen LogP contribution is 2.22. The number of rotatable bonds is 7. The summed E-state index contributed by atoms with van der Waals surface area (Å²) in [6, 6.07) is 28.1. The van der Waals surface area contributed by atoms with Crippen molar-refractivity contribution in [1.29, 1.82) is 0 Å². The summed E-state index contributed by atoms with van der Waals surface area (Å²) in [4.78, 5) is 16.3. The molecule has 0 bridgehead atoms. The van der Waals surface area contributed by atoms with Gasteiger partial charge in [-0.25, -0.2) is 4.85 Å². The van der Waals surface area contributed by atoms with E-state index < -0.39 is 5.97 Å². The Bertz CT molecular complexity index is 947. The summed E-state index contributed by atoms with van der Waals surface area (Å²) in [6.45, 7) is 8.48. The molecule has 138 valence electrons. The van der Waals surface area contributed by atoms with Crippen LogP contribution >= 0.6 is 0 Å². The van der Waals surface area contributed by atoms with Crippen molar-refractivity contribution >= 4 is 17.7 Å². The molecular weight excluding hydrogens is 348 g/mol. The summed E-state index contributed by atoms with van der Waals surface area (Å²) < 4.78 is 0. The summed E-state index contributed by atoms with van der Waals surface area (Å²) in [5.41, 5.74) is 3.85. The van der Waals surface area contributed by atoms with Crippen LogP contribution in [0.3, 0.4) is 0 Å². The van der Waals surface area contributed by atoms with Crippen LogP contribution in [0.1, 0.15) is 16.7 Å². The molecule has 0 amide bonds. The molecule has 0 heterocycles. The maximum atomic E-state index is 11.0. The van der Waals surface area contributed by atoms with Gasteiger partial charge in [0.2, 0.25) is 0 Å².